The van der Waals surface area contributed by atoms with Gasteiger partial charge in [-0.1, -0.05) is 13.8 Å². The Morgan fingerprint density at radius 2 is 2.00 bits per heavy atom. The largest absolute Gasteiger partial charge is 0.367 e. The number of hydrogen-bond acceptors (Lipinski definition) is 4. The first kappa shape index (κ1) is 9.12. The third kappa shape index (κ3) is 1.89. The third-order valence-electron chi connectivity index (χ3n) is 2.18. The number of nitrogens with one attached hydrogen (secondary N) is 1. The molecule has 0 saturated carbocycles. The highest BCUT2D eigenvalue weighted by atomic mass is 15.1. The molecule has 0 radical (unpaired) electrons. The number of aliphatic imine (C=N–C) groups is 1. The van der Waals surface area contributed by atoms with Crippen LogP contribution in [0.1, 0.15) is 19.7 Å². The molecule has 1 aromatic rings. The highest BCUT2D eigenvalue weighted by Crippen LogP contribution is 2.17. The van der Waals surface area contributed by atoms with E-state index in [4.69, 9.17) is 0 Å². The summed E-state index contributed by atoms with van der Waals surface area (Å²) in [5, 5.41) is 3.25. The molecular weight excluding hydrogens is 176 g/mol. The minimum Gasteiger partial charge on any atom is -0.367 e. The zero-order valence-corrected chi connectivity index (χ0v) is 8.49. The Balaban J connectivity index is 2.19. The Kier molecular flexibility index (Phi) is 2.19. The van der Waals surface area contributed by atoms with Gasteiger partial charge in [0.2, 0.25) is 0 Å². The van der Waals surface area contributed by atoms with Crippen LogP contribution in [0, 0.1) is 5.41 Å². The number of rotatable bonds is 1. The summed E-state index contributed by atoms with van der Waals surface area (Å²) in [6.45, 7) is 6.12. The lowest BCUT2D eigenvalue weighted by Gasteiger charge is -2.28. The topological polar surface area (TPSA) is 50.2 Å². The SMILES string of the molecule is CC1(C)CN=C(c2ncccn2)NC1. The number of aromatic nitrogens is 2. The fourth-order valence-electron chi connectivity index (χ4n) is 1.30. The van der Waals surface area contributed by atoms with Gasteiger partial charge in [-0.15, -0.1) is 0 Å². The molecule has 0 spiro atoms. The van der Waals surface area contributed by atoms with Crippen molar-refractivity contribution in [2.24, 2.45) is 10.4 Å². The van der Waals surface area contributed by atoms with Gasteiger partial charge in [-0.25, -0.2) is 9.97 Å². The average molecular weight is 190 g/mol. The van der Waals surface area contributed by atoms with Gasteiger partial charge in [-0.2, -0.15) is 0 Å². The molecule has 4 heteroatoms. The molecule has 2 heterocycles. The monoisotopic (exact) mass is 190 g/mol. The Morgan fingerprint density at radius 3 is 2.57 bits per heavy atom. The quantitative estimate of drug-likeness (QED) is 0.714. The fraction of sp³-hybridized carbons (Fsp3) is 0.500. The van der Waals surface area contributed by atoms with Crippen LogP contribution in [-0.4, -0.2) is 28.9 Å². The molecule has 1 aliphatic rings. The lowest BCUT2D eigenvalue weighted by atomic mass is 9.92. The summed E-state index contributed by atoms with van der Waals surface area (Å²) in [7, 11) is 0. The highest BCUT2D eigenvalue weighted by Gasteiger charge is 2.23. The molecule has 74 valence electrons. The molecule has 0 amide bonds. The van der Waals surface area contributed by atoms with E-state index in [1.54, 1.807) is 18.5 Å². The van der Waals surface area contributed by atoms with Crippen molar-refractivity contribution in [2.45, 2.75) is 13.8 Å². The minimum atomic E-state index is 0.234. The third-order valence-corrected chi connectivity index (χ3v) is 2.18. The van der Waals surface area contributed by atoms with Gasteiger partial charge in [-0.05, 0) is 6.07 Å². The molecule has 0 atom stereocenters. The second-order valence-electron chi connectivity index (χ2n) is 4.25. The van der Waals surface area contributed by atoms with Crippen molar-refractivity contribution >= 4 is 5.84 Å². The van der Waals surface area contributed by atoms with Crippen LogP contribution in [0.25, 0.3) is 0 Å². The van der Waals surface area contributed by atoms with Gasteiger partial charge in [0.05, 0.1) is 0 Å². The lowest BCUT2D eigenvalue weighted by molar-refractivity contribution is 0.362. The molecule has 4 nitrogen and oxygen atoms in total. The van der Waals surface area contributed by atoms with E-state index in [1.807, 2.05) is 0 Å². The van der Waals surface area contributed by atoms with Crippen molar-refractivity contribution in [3.8, 4) is 0 Å². The van der Waals surface area contributed by atoms with E-state index < -0.39 is 0 Å². The van der Waals surface area contributed by atoms with Gasteiger partial charge in [-0.3, -0.25) is 4.99 Å². The molecule has 0 unspecified atom stereocenters. The molecule has 0 bridgehead atoms. The van der Waals surface area contributed by atoms with Gasteiger partial charge < -0.3 is 5.32 Å². The highest BCUT2D eigenvalue weighted by molar-refractivity contribution is 5.95. The maximum Gasteiger partial charge on any atom is 0.194 e. The van der Waals surface area contributed by atoms with Crippen LogP contribution in [-0.2, 0) is 0 Å². The number of amidine groups is 1. The molecule has 0 fully saturated rings. The van der Waals surface area contributed by atoms with Gasteiger partial charge in [0.25, 0.3) is 0 Å². The summed E-state index contributed by atoms with van der Waals surface area (Å²) < 4.78 is 0. The van der Waals surface area contributed by atoms with Crippen molar-refractivity contribution in [1.82, 2.24) is 15.3 Å². The predicted molar refractivity (Wildman–Crippen MR) is 55.2 cm³/mol. The zero-order valence-electron chi connectivity index (χ0n) is 8.49. The number of nitrogens with zero attached hydrogens (tertiary/aromatic N) is 3. The number of hydrogen-bond donors (Lipinski definition) is 1. The average Bonchev–Trinajstić information content (AvgIpc) is 2.19. The Morgan fingerprint density at radius 1 is 1.29 bits per heavy atom. The molecule has 14 heavy (non-hydrogen) atoms. The normalized spacial score (nSPS) is 19.7. The van der Waals surface area contributed by atoms with Crippen molar-refractivity contribution in [3.63, 3.8) is 0 Å². The predicted octanol–water partition coefficient (Wildman–Crippen LogP) is 0.853. The first-order chi connectivity index (χ1) is 6.67. The fourth-order valence-corrected chi connectivity index (χ4v) is 1.30. The van der Waals surface area contributed by atoms with Crippen molar-refractivity contribution in [2.75, 3.05) is 13.1 Å². The van der Waals surface area contributed by atoms with Crippen LogP contribution in [0.4, 0.5) is 0 Å². The van der Waals surface area contributed by atoms with Crippen LogP contribution in [0.2, 0.25) is 0 Å². The second kappa shape index (κ2) is 3.36. The Hall–Kier alpha value is -1.45. The van der Waals surface area contributed by atoms with E-state index in [-0.39, 0.29) is 5.41 Å². The summed E-state index contributed by atoms with van der Waals surface area (Å²) in [5.41, 5.74) is 0.234. The van der Waals surface area contributed by atoms with Crippen LogP contribution < -0.4 is 5.32 Å². The van der Waals surface area contributed by atoms with E-state index >= 15 is 0 Å². The summed E-state index contributed by atoms with van der Waals surface area (Å²) in [5.74, 6) is 1.49. The maximum atomic E-state index is 4.43. The summed E-state index contributed by atoms with van der Waals surface area (Å²) >= 11 is 0. The molecule has 0 saturated heterocycles. The van der Waals surface area contributed by atoms with Crippen LogP contribution >= 0.6 is 0 Å². The lowest BCUT2D eigenvalue weighted by Crippen LogP contribution is -2.41. The summed E-state index contributed by atoms with van der Waals surface area (Å²) in [6.07, 6.45) is 3.46. The van der Waals surface area contributed by atoms with E-state index in [1.165, 1.54) is 0 Å². The van der Waals surface area contributed by atoms with Crippen LogP contribution in [0.5, 0.6) is 0 Å². The second-order valence-corrected chi connectivity index (χ2v) is 4.25. The van der Waals surface area contributed by atoms with Crippen molar-refractivity contribution < 1.29 is 0 Å². The first-order valence-electron chi connectivity index (χ1n) is 4.73. The molecule has 0 aliphatic carbocycles. The summed E-state index contributed by atoms with van der Waals surface area (Å²) in [4.78, 5) is 12.7. The molecular formula is C10H14N4. The molecule has 1 aromatic heterocycles. The molecule has 0 aromatic carbocycles. The maximum absolute atomic E-state index is 4.43. The molecule has 1 aliphatic heterocycles. The Labute approximate surface area is 83.5 Å². The smallest absolute Gasteiger partial charge is 0.194 e. The molecule has 2 rings (SSSR count). The van der Waals surface area contributed by atoms with Gasteiger partial charge in [0.15, 0.2) is 11.7 Å². The minimum absolute atomic E-state index is 0.234. The van der Waals surface area contributed by atoms with E-state index in [9.17, 15) is 0 Å². The van der Waals surface area contributed by atoms with Gasteiger partial charge >= 0.3 is 0 Å². The van der Waals surface area contributed by atoms with Crippen LogP contribution in [0.3, 0.4) is 0 Å². The van der Waals surface area contributed by atoms with Crippen molar-refractivity contribution in [3.05, 3.63) is 24.3 Å². The van der Waals surface area contributed by atoms with Gasteiger partial charge in [0.1, 0.15) is 0 Å². The molecule has 1 N–H and O–H groups in total. The Bertz CT molecular complexity index is 342. The zero-order chi connectivity index (χ0) is 10.0. The first-order valence-corrected chi connectivity index (χ1v) is 4.73. The van der Waals surface area contributed by atoms with E-state index in [2.05, 4.69) is 34.1 Å². The van der Waals surface area contributed by atoms with Gasteiger partial charge in [0, 0.05) is 30.9 Å². The van der Waals surface area contributed by atoms with E-state index in [0.717, 1.165) is 18.9 Å². The van der Waals surface area contributed by atoms with Crippen molar-refractivity contribution in [1.29, 1.82) is 0 Å². The van der Waals surface area contributed by atoms with E-state index in [0.29, 0.717) is 5.82 Å². The summed E-state index contributed by atoms with van der Waals surface area (Å²) in [6, 6.07) is 1.80. The standard InChI is InChI=1S/C10H14N4/c1-10(2)6-13-9(14-7-10)8-11-4-3-5-12-8/h3-5H,6-7H2,1-2H3,(H,13,14). The van der Waals surface area contributed by atoms with Crippen LogP contribution in [0.15, 0.2) is 23.5 Å².